The third kappa shape index (κ3) is 12.3. The molecule has 2 aliphatic heterocycles. The van der Waals surface area contributed by atoms with Crippen LogP contribution in [-0.4, -0.2) is 191 Å². The number of ether oxygens (including phenoxy) is 6. The fraction of sp³-hybridized carbons (Fsp3) is 0.667. The summed E-state index contributed by atoms with van der Waals surface area (Å²) in [5, 5.41) is 67.0. The minimum atomic E-state index is -5.08. The number of hydrogen-bond acceptors (Lipinski definition) is 22. The molecule has 5 aromatic heterocycles. The second-order valence-electron chi connectivity index (χ2n) is 18.8. The van der Waals surface area contributed by atoms with E-state index < -0.39 is 120 Å². The number of anilines is 2. The standard InChI is InChI=1S/C22H30ClN6O10P.C20H30ClN4O9P/c1-36-10-22(40(33,34)35,8-15-25-21(32)39-28-15)37-9-14-16(30)17(31)18(38-14)12-6-7-13-19(24-11-4-2-3-5-11)26-20(23)27-29(12)13;1-32-10-20(9-26,35(29,30)31)33-8-13-16(27)17(28)18(34-13)12-7-22-25-15(6-14(21)24-19(12)25)23-11-4-2-3-5-11/h6-7,11,14,16-18,30-31H,2-5,8-10H2,1H3,(H,24,26,27)(H,25,28,32)(H2,33,34,35);6-7,11,13,16-18,23,26-28H,2-5,8-10H2,1H3,(H2,29,30,31)/t14-,16-,17-,18+,22?;13-,16-,17-,18-,20?/m11/s1. The number of fused-ring (bicyclic) bond motifs is 2. The molecule has 4 aliphatic rings. The van der Waals surface area contributed by atoms with E-state index >= 15 is 0 Å². The van der Waals surface area contributed by atoms with Crippen LogP contribution in [0.3, 0.4) is 0 Å². The molecule has 75 heavy (non-hydrogen) atoms. The van der Waals surface area contributed by atoms with Crippen molar-refractivity contribution in [2.24, 2.45) is 0 Å². The molecule has 0 spiro atoms. The van der Waals surface area contributed by atoms with Crippen molar-refractivity contribution in [2.45, 2.75) is 129 Å². The van der Waals surface area contributed by atoms with Gasteiger partial charge in [0.1, 0.15) is 65.3 Å². The number of aromatic amines is 1. The molecule has 5 aromatic rings. The van der Waals surface area contributed by atoms with Crippen LogP contribution < -0.4 is 16.4 Å². The Morgan fingerprint density at radius 3 is 1.95 bits per heavy atom. The van der Waals surface area contributed by atoms with Crippen LogP contribution in [0.5, 0.6) is 0 Å². The predicted octanol–water partition coefficient (Wildman–Crippen LogP) is 0.783. The number of aromatic nitrogens is 8. The summed E-state index contributed by atoms with van der Waals surface area (Å²) in [5.41, 5.74) is 1.67. The van der Waals surface area contributed by atoms with Crippen molar-refractivity contribution in [1.82, 2.24) is 39.3 Å². The molecule has 416 valence electrons. The predicted molar refractivity (Wildman–Crippen MR) is 260 cm³/mol. The number of halogens is 2. The summed E-state index contributed by atoms with van der Waals surface area (Å²) in [4.78, 5) is 61.9. The molecule has 0 amide bonds. The summed E-state index contributed by atoms with van der Waals surface area (Å²) in [5.74, 6) is 0.0647. The summed E-state index contributed by atoms with van der Waals surface area (Å²) >= 11 is 12.5. The molecule has 0 aromatic carbocycles. The molecular formula is C42H60Cl2N10O19P2. The molecular weight excluding hydrogens is 1080 g/mol. The zero-order valence-corrected chi connectivity index (χ0v) is 43.7. The van der Waals surface area contributed by atoms with E-state index in [0.717, 1.165) is 51.4 Å². The highest BCUT2D eigenvalue weighted by molar-refractivity contribution is 7.53. The molecule has 33 heteroatoms. The number of hydrogen-bond donors (Lipinski definition) is 12. The Bertz CT molecular complexity index is 2890. The Morgan fingerprint density at radius 1 is 0.800 bits per heavy atom. The Kier molecular flexibility index (Phi) is 18.1. The van der Waals surface area contributed by atoms with Crippen molar-refractivity contribution in [1.29, 1.82) is 0 Å². The molecule has 2 aliphatic carbocycles. The maximum atomic E-state index is 12.5. The van der Waals surface area contributed by atoms with Crippen LogP contribution in [0.25, 0.3) is 11.2 Å². The Balaban J connectivity index is 0.000000201. The summed E-state index contributed by atoms with van der Waals surface area (Å²) in [6, 6.07) is 5.60. The number of methoxy groups -OCH3 is 2. The first-order valence-electron chi connectivity index (χ1n) is 23.8. The van der Waals surface area contributed by atoms with Gasteiger partial charge in [0.25, 0.3) is 0 Å². The van der Waals surface area contributed by atoms with Gasteiger partial charge in [-0.25, -0.2) is 14.3 Å². The van der Waals surface area contributed by atoms with E-state index in [1.54, 1.807) is 22.7 Å². The van der Waals surface area contributed by atoms with Gasteiger partial charge in [0.05, 0.1) is 51.3 Å². The topological polar surface area (TPSA) is 415 Å². The summed E-state index contributed by atoms with van der Waals surface area (Å²) in [6.45, 7) is -3.33. The van der Waals surface area contributed by atoms with Gasteiger partial charge in [0.2, 0.25) is 10.6 Å². The molecule has 9 rings (SSSR count). The van der Waals surface area contributed by atoms with E-state index in [-0.39, 0.29) is 28.3 Å². The number of aliphatic hydroxyl groups excluding tert-OH is 5. The average molecular weight is 1140 g/mol. The van der Waals surface area contributed by atoms with E-state index in [2.05, 4.69) is 45.5 Å². The van der Waals surface area contributed by atoms with Gasteiger partial charge in [-0.15, -0.1) is 5.10 Å². The van der Waals surface area contributed by atoms with E-state index in [1.807, 2.05) is 0 Å². The van der Waals surface area contributed by atoms with Crippen LogP contribution in [-0.2, 0) is 44.0 Å². The van der Waals surface area contributed by atoms with Crippen molar-refractivity contribution in [3.8, 4) is 0 Å². The largest absolute Gasteiger partial charge is 0.438 e. The van der Waals surface area contributed by atoms with E-state index in [1.165, 1.54) is 24.9 Å². The van der Waals surface area contributed by atoms with Crippen LogP contribution in [0.1, 0.15) is 80.7 Å². The quantitative estimate of drug-likeness (QED) is 0.0357. The zero-order chi connectivity index (χ0) is 54.0. The Hall–Kier alpha value is -3.78. The molecule has 0 bridgehead atoms. The average Bonchev–Trinajstić information content (AvgIpc) is 4.24. The summed E-state index contributed by atoms with van der Waals surface area (Å²) < 4.78 is 64.5. The highest BCUT2D eigenvalue weighted by atomic mass is 35.5. The molecule has 10 atom stereocenters. The van der Waals surface area contributed by atoms with E-state index in [0.29, 0.717) is 34.1 Å². The first-order chi connectivity index (χ1) is 35.6. The van der Waals surface area contributed by atoms with Crippen LogP contribution in [0.4, 0.5) is 11.6 Å². The number of rotatable bonds is 21. The molecule has 2 saturated carbocycles. The van der Waals surface area contributed by atoms with Crippen molar-refractivity contribution in [2.75, 3.05) is 57.9 Å². The van der Waals surface area contributed by atoms with Crippen LogP contribution in [0.2, 0.25) is 10.4 Å². The third-order valence-electron chi connectivity index (χ3n) is 13.7. The van der Waals surface area contributed by atoms with Gasteiger partial charge in [-0.1, -0.05) is 42.4 Å². The minimum Gasteiger partial charge on any atom is -0.393 e. The van der Waals surface area contributed by atoms with Gasteiger partial charge < -0.3 is 84.2 Å². The monoisotopic (exact) mass is 1140 g/mol. The van der Waals surface area contributed by atoms with Gasteiger partial charge in [-0.05, 0) is 49.4 Å². The second kappa shape index (κ2) is 23.7. The van der Waals surface area contributed by atoms with Crippen LogP contribution in [0, 0.1) is 0 Å². The maximum absolute atomic E-state index is 12.5. The molecule has 4 fully saturated rings. The number of H-pyrrole nitrogens is 1. The molecule has 7 heterocycles. The minimum absolute atomic E-state index is 0.0322. The van der Waals surface area contributed by atoms with Crippen LogP contribution >= 0.6 is 38.4 Å². The first kappa shape index (κ1) is 57.4. The van der Waals surface area contributed by atoms with Crippen molar-refractivity contribution in [3.63, 3.8) is 0 Å². The molecule has 29 nitrogen and oxygen atoms in total. The van der Waals surface area contributed by atoms with Gasteiger partial charge in [-0.2, -0.15) is 14.6 Å². The molecule has 2 unspecified atom stereocenters. The maximum Gasteiger partial charge on any atom is 0.438 e. The Morgan fingerprint density at radius 2 is 1.37 bits per heavy atom. The summed E-state index contributed by atoms with van der Waals surface area (Å²) in [6.07, 6.45) is -0.885. The van der Waals surface area contributed by atoms with Crippen molar-refractivity contribution >= 4 is 61.2 Å². The van der Waals surface area contributed by atoms with E-state index in [4.69, 9.17) is 51.6 Å². The lowest BCUT2D eigenvalue weighted by molar-refractivity contribution is -0.119. The molecule has 12 N–H and O–H groups in total. The van der Waals surface area contributed by atoms with Crippen LogP contribution in [0.15, 0.2) is 33.7 Å². The lowest BCUT2D eigenvalue weighted by Gasteiger charge is -2.33. The Labute approximate surface area is 436 Å². The normalized spacial score (nSPS) is 26.5. The first-order valence-corrected chi connectivity index (χ1v) is 27.8. The van der Waals surface area contributed by atoms with Gasteiger partial charge in [0.15, 0.2) is 22.6 Å². The van der Waals surface area contributed by atoms with Gasteiger partial charge in [0, 0.05) is 37.9 Å². The highest BCUT2D eigenvalue weighted by Crippen LogP contribution is 2.54. The number of nitrogens with one attached hydrogen (secondary N) is 3. The van der Waals surface area contributed by atoms with Gasteiger partial charge in [-0.3, -0.25) is 18.6 Å². The lowest BCUT2D eigenvalue weighted by Crippen LogP contribution is -2.44. The fourth-order valence-corrected chi connectivity index (χ4v) is 11.7. The smallest absolute Gasteiger partial charge is 0.393 e. The van der Waals surface area contributed by atoms with Crippen molar-refractivity contribution in [3.05, 3.63) is 62.5 Å². The van der Waals surface area contributed by atoms with Gasteiger partial charge >= 0.3 is 20.9 Å². The SMILES string of the molecule is COCC(CO)(OC[C@H]1O[C@H](c2cnn3c(NC4CCCC4)cc(Cl)nc23)[C@H](O)[C@@H]1O)P(=O)(O)O.COCC(Cc1noc(=O)[nH]1)(OC[C@H]1O[C@@H](c2ccc3c(NC4CCCC4)nc(Cl)nn23)[C@H](O)[C@@H]1O)P(=O)(O)O. The van der Waals surface area contributed by atoms with Crippen molar-refractivity contribution < 1.29 is 87.2 Å². The summed E-state index contributed by atoms with van der Waals surface area (Å²) in [7, 11) is -7.65. The highest BCUT2D eigenvalue weighted by Gasteiger charge is 2.54. The second-order valence-corrected chi connectivity index (χ2v) is 23.4. The molecule has 2 saturated heterocycles. The molecule has 0 radical (unpaired) electrons. The third-order valence-corrected chi connectivity index (χ3v) is 17.0. The number of aliphatic hydroxyl groups is 5. The zero-order valence-electron chi connectivity index (χ0n) is 40.4. The number of nitrogens with zero attached hydrogens (tertiary/aromatic N) is 7. The lowest BCUT2D eigenvalue weighted by atomic mass is 10.0. The fourth-order valence-electron chi connectivity index (χ4n) is 9.71. The van der Waals surface area contributed by atoms with E-state index in [9.17, 15) is 59.0 Å².